The molecule has 1 unspecified atom stereocenters. The van der Waals surface area contributed by atoms with Crippen molar-refractivity contribution in [2.24, 2.45) is 0 Å². The van der Waals surface area contributed by atoms with Crippen LogP contribution in [0, 0.1) is 5.82 Å². The van der Waals surface area contributed by atoms with Crippen LogP contribution in [0.25, 0.3) is 11.3 Å². The summed E-state index contributed by atoms with van der Waals surface area (Å²) >= 11 is 0. The van der Waals surface area contributed by atoms with Gasteiger partial charge >= 0.3 is 0 Å². The largest absolute Gasteiger partial charge is 0.378 e. The predicted octanol–water partition coefficient (Wildman–Crippen LogP) is 2.91. The van der Waals surface area contributed by atoms with Crippen LogP contribution in [0.1, 0.15) is 12.0 Å². The molecule has 0 fully saturated rings. The van der Waals surface area contributed by atoms with E-state index in [1.807, 2.05) is 24.3 Å². The molecule has 1 aromatic carbocycles. The molecule has 0 saturated carbocycles. The van der Waals surface area contributed by atoms with Crippen LogP contribution in [0.5, 0.6) is 0 Å². The summed E-state index contributed by atoms with van der Waals surface area (Å²) in [6.45, 7) is 1.76. The number of benzene rings is 1. The van der Waals surface area contributed by atoms with Gasteiger partial charge in [-0.05, 0) is 36.6 Å². The molecular weight excluding hydrogens is 371 g/mol. The Morgan fingerprint density at radius 2 is 1.97 bits per heavy atom. The normalized spacial score (nSPS) is 15.9. The molecule has 0 radical (unpaired) electrons. The summed E-state index contributed by atoms with van der Waals surface area (Å²) < 4.78 is 21.1. The van der Waals surface area contributed by atoms with Crippen LogP contribution in [-0.2, 0) is 17.7 Å². The van der Waals surface area contributed by atoms with E-state index < -0.39 is 0 Å². The summed E-state index contributed by atoms with van der Waals surface area (Å²) in [5.41, 5.74) is 2.06. The standard InChI is InChI=1S/C22H23FN4O2/c1-29-18-14-26(12-4-6-16-5-2-3-7-19(16)23)22-25-20(13-21(28)27(22)15-18)17-8-10-24-11-9-17/h2-3,5,7-11,13,18H,4,6,12,14-15H2,1H3. The minimum absolute atomic E-state index is 0.0952. The fourth-order valence-electron chi connectivity index (χ4n) is 3.67. The Bertz CT molecular complexity index is 1040. The van der Waals surface area contributed by atoms with Gasteiger partial charge < -0.3 is 9.64 Å². The van der Waals surface area contributed by atoms with Gasteiger partial charge in [-0.3, -0.25) is 14.3 Å². The van der Waals surface area contributed by atoms with Crippen molar-refractivity contribution in [3.8, 4) is 11.3 Å². The van der Waals surface area contributed by atoms with E-state index in [0.29, 0.717) is 43.3 Å². The van der Waals surface area contributed by atoms with E-state index in [-0.39, 0.29) is 17.5 Å². The van der Waals surface area contributed by atoms with Crippen LogP contribution < -0.4 is 10.5 Å². The third-order valence-electron chi connectivity index (χ3n) is 5.22. The average Bonchev–Trinajstić information content (AvgIpc) is 2.75. The summed E-state index contributed by atoms with van der Waals surface area (Å²) in [4.78, 5) is 23.6. The number of nitrogens with zero attached hydrogens (tertiary/aromatic N) is 4. The molecule has 6 nitrogen and oxygen atoms in total. The number of halogens is 1. The highest BCUT2D eigenvalue weighted by Crippen LogP contribution is 2.23. The van der Waals surface area contributed by atoms with E-state index in [2.05, 4.69) is 9.88 Å². The minimum atomic E-state index is -0.185. The van der Waals surface area contributed by atoms with Crippen molar-refractivity contribution in [1.29, 1.82) is 0 Å². The van der Waals surface area contributed by atoms with E-state index in [1.54, 1.807) is 36.2 Å². The second-order valence-electron chi connectivity index (χ2n) is 7.12. The zero-order valence-corrected chi connectivity index (χ0v) is 16.3. The number of fused-ring (bicyclic) bond motifs is 1. The first-order valence-corrected chi connectivity index (χ1v) is 9.69. The molecule has 2 aromatic heterocycles. The zero-order chi connectivity index (χ0) is 20.2. The summed E-state index contributed by atoms with van der Waals surface area (Å²) in [6.07, 6.45) is 4.63. The van der Waals surface area contributed by atoms with E-state index in [9.17, 15) is 9.18 Å². The van der Waals surface area contributed by atoms with Crippen molar-refractivity contribution in [3.63, 3.8) is 0 Å². The van der Waals surface area contributed by atoms with Gasteiger partial charge in [0.05, 0.1) is 18.3 Å². The lowest BCUT2D eigenvalue weighted by atomic mass is 10.1. The number of pyridine rings is 1. The highest BCUT2D eigenvalue weighted by atomic mass is 19.1. The molecule has 0 spiro atoms. The number of anilines is 1. The van der Waals surface area contributed by atoms with Gasteiger partial charge in [-0.15, -0.1) is 0 Å². The maximum Gasteiger partial charge on any atom is 0.255 e. The summed E-state index contributed by atoms with van der Waals surface area (Å²) in [6, 6.07) is 12.0. The number of rotatable bonds is 6. The van der Waals surface area contributed by atoms with Crippen LogP contribution in [0.2, 0.25) is 0 Å². The highest BCUT2D eigenvalue weighted by Gasteiger charge is 2.27. The quantitative estimate of drug-likeness (QED) is 0.643. The average molecular weight is 394 g/mol. The van der Waals surface area contributed by atoms with Gasteiger partial charge in [0, 0.05) is 44.2 Å². The number of hydrogen-bond acceptors (Lipinski definition) is 5. The molecule has 0 amide bonds. The van der Waals surface area contributed by atoms with Crippen LogP contribution in [0.3, 0.4) is 0 Å². The van der Waals surface area contributed by atoms with Gasteiger partial charge in [0.1, 0.15) is 5.82 Å². The second kappa shape index (κ2) is 8.53. The lowest BCUT2D eigenvalue weighted by molar-refractivity contribution is 0.0839. The summed E-state index contributed by atoms with van der Waals surface area (Å²) in [5.74, 6) is 0.446. The fourth-order valence-corrected chi connectivity index (χ4v) is 3.67. The first kappa shape index (κ1) is 19.3. The maximum absolute atomic E-state index is 13.9. The smallest absolute Gasteiger partial charge is 0.255 e. The van der Waals surface area contributed by atoms with E-state index in [1.165, 1.54) is 6.07 Å². The van der Waals surface area contributed by atoms with Crippen molar-refractivity contribution < 1.29 is 9.13 Å². The molecule has 1 atom stereocenters. The van der Waals surface area contributed by atoms with Crippen LogP contribution in [-0.4, -0.2) is 40.8 Å². The van der Waals surface area contributed by atoms with E-state index in [0.717, 1.165) is 12.0 Å². The SMILES string of the molecule is COC1CN(CCCc2ccccc2F)c2nc(-c3ccncc3)cc(=O)n2C1. The third kappa shape index (κ3) is 4.19. The maximum atomic E-state index is 13.9. The molecule has 3 heterocycles. The van der Waals surface area contributed by atoms with Gasteiger partial charge in [0.2, 0.25) is 5.95 Å². The molecule has 29 heavy (non-hydrogen) atoms. The molecule has 1 aliphatic heterocycles. The van der Waals surface area contributed by atoms with Crippen molar-refractivity contribution in [3.05, 3.63) is 76.6 Å². The Labute approximate surface area is 168 Å². The molecule has 150 valence electrons. The monoisotopic (exact) mass is 394 g/mol. The Kier molecular flexibility index (Phi) is 5.67. The Hall–Kier alpha value is -3.06. The number of ether oxygens (including phenoxy) is 1. The summed E-state index contributed by atoms with van der Waals surface area (Å²) in [7, 11) is 1.65. The number of aromatic nitrogens is 3. The highest BCUT2D eigenvalue weighted by molar-refractivity contribution is 5.59. The van der Waals surface area contributed by atoms with E-state index >= 15 is 0 Å². The molecule has 4 rings (SSSR count). The molecule has 7 heteroatoms. The lowest BCUT2D eigenvalue weighted by Gasteiger charge is -2.35. The van der Waals surface area contributed by atoms with Gasteiger partial charge in [-0.2, -0.15) is 0 Å². The minimum Gasteiger partial charge on any atom is -0.378 e. The van der Waals surface area contributed by atoms with Gasteiger partial charge in [-0.1, -0.05) is 18.2 Å². The Balaban J connectivity index is 1.60. The van der Waals surface area contributed by atoms with Crippen LogP contribution >= 0.6 is 0 Å². The third-order valence-corrected chi connectivity index (χ3v) is 5.22. The van der Waals surface area contributed by atoms with Crippen molar-refractivity contribution >= 4 is 5.95 Å². The fraction of sp³-hybridized carbons (Fsp3) is 0.318. The first-order valence-electron chi connectivity index (χ1n) is 9.69. The number of hydrogen-bond donors (Lipinski definition) is 0. The molecule has 0 bridgehead atoms. The predicted molar refractivity (Wildman–Crippen MR) is 109 cm³/mol. The molecule has 0 N–H and O–H groups in total. The van der Waals surface area contributed by atoms with Gasteiger partial charge in [0.15, 0.2) is 0 Å². The summed E-state index contributed by atoms with van der Waals surface area (Å²) in [5, 5.41) is 0. The van der Waals surface area contributed by atoms with E-state index in [4.69, 9.17) is 9.72 Å². The Morgan fingerprint density at radius 1 is 1.17 bits per heavy atom. The number of aryl methyl sites for hydroxylation is 1. The van der Waals surface area contributed by atoms with Crippen molar-refractivity contribution in [2.45, 2.75) is 25.5 Å². The molecular formula is C22H23FN4O2. The first-order chi connectivity index (χ1) is 14.2. The second-order valence-corrected chi connectivity index (χ2v) is 7.12. The molecule has 0 aliphatic carbocycles. The van der Waals surface area contributed by atoms with Crippen LogP contribution in [0.15, 0.2) is 59.7 Å². The van der Waals surface area contributed by atoms with Crippen molar-refractivity contribution in [2.75, 3.05) is 25.1 Å². The topological polar surface area (TPSA) is 60.2 Å². The zero-order valence-electron chi connectivity index (χ0n) is 16.3. The van der Waals surface area contributed by atoms with Crippen LogP contribution in [0.4, 0.5) is 10.3 Å². The molecule has 3 aromatic rings. The number of methoxy groups -OCH3 is 1. The van der Waals surface area contributed by atoms with Gasteiger partial charge in [0.25, 0.3) is 5.56 Å². The molecule has 1 aliphatic rings. The van der Waals surface area contributed by atoms with Gasteiger partial charge in [-0.25, -0.2) is 9.37 Å². The lowest BCUT2D eigenvalue weighted by Crippen LogP contribution is -2.47. The molecule has 0 saturated heterocycles. The Morgan fingerprint density at radius 3 is 2.72 bits per heavy atom. The van der Waals surface area contributed by atoms with Crippen molar-refractivity contribution in [1.82, 2.24) is 14.5 Å².